The third kappa shape index (κ3) is 5.83. The monoisotopic (exact) mass is 573 g/mol. The lowest BCUT2D eigenvalue weighted by atomic mass is 10.0. The standard InChI is InChI=1S/C30H37F2N3O4S/c1-4-7-14-25-33-29(36)28(30(37)35(25)27-20(5-2)10-8-11-21(27)6-3)40(38,39)23-15-17-34(18-16-23)19-22-12-9-13-24(31)26(22)32/h8-13,23,36H,4-7,14-19H2,1-3H3. The summed E-state index contributed by atoms with van der Waals surface area (Å²) >= 11 is 0. The van der Waals surface area contributed by atoms with E-state index in [0.717, 1.165) is 30.0 Å². The quantitative estimate of drug-likeness (QED) is 0.362. The molecule has 2 heterocycles. The van der Waals surface area contributed by atoms with E-state index in [1.54, 1.807) is 0 Å². The summed E-state index contributed by atoms with van der Waals surface area (Å²) in [6.45, 7) is 6.74. The van der Waals surface area contributed by atoms with Gasteiger partial charge in [-0.2, -0.15) is 4.98 Å². The average Bonchev–Trinajstić information content (AvgIpc) is 2.94. The predicted octanol–water partition coefficient (Wildman–Crippen LogP) is 5.12. The fourth-order valence-electron chi connectivity index (χ4n) is 5.48. The fraction of sp³-hybridized carbons (Fsp3) is 0.467. The van der Waals surface area contributed by atoms with Gasteiger partial charge in [0, 0.05) is 18.5 Å². The first-order valence-electron chi connectivity index (χ1n) is 14.0. The van der Waals surface area contributed by atoms with Gasteiger partial charge in [-0.25, -0.2) is 17.2 Å². The third-order valence-electron chi connectivity index (χ3n) is 7.72. The van der Waals surface area contributed by atoms with Crippen molar-refractivity contribution in [3.8, 4) is 11.6 Å². The van der Waals surface area contributed by atoms with Crippen LogP contribution in [0.2, 0.25) is 0 Å². The van der Waals surface area contributed by atoms with Crippen LogP contribution in [0.5, 0.6) is 5.88 Å². The summed E-state index contributed by atoms with van der Waals surface area (Å²) in [6, 6.07) is 9.77. The van der Waals surface area contributed by atoms with E-state index in [4.69, 9.17) is 0 Å². The number of aromatic hydroxyl groups is 1. The molecule has 1 saturated heterocycles. The van der Waals surface area contributed by atoms with E-state index in [0.29, 0.717) is 43.9 Å². The van der Waals surface area contributed by atoms with Crippen LogP contribution in [0.15, 0.2) is 46.1 Å². The molecule has 0 unspecified atom stereocenters. The second-order valence-electron chi connectivity index (χ2n) is 10.3. The molecule has 0 bridgehead atoms. The number of nitrogens with zero attached hydrogens (tertiary/aromatic N) is 3. The molecule has 2 aromatic carbocycles. The molecular weight excluding hydrogens is 536 g/mol. The number of hydrogen-bond donors (Lipinski definition) is 1. The van der Waals surface area contributed by atoms with Crippen LogP contribution in [0.1, 0.15) is 69.0 Å². The molecule has 3 aromatic rings. The topological polar surface area (TPSA) is 92.5 Å². The van der Waals surface area contributed by atoms with E-state index >= 15 is 0 Å². The highest BCUT2D eigenvalue weighted by Crippen LogP contribution is 2.30. The van der Waals surface area contributed by atoms with Crippen molar-refractivity contribution in [1.82, 2.24) is 14.5 Å². The maximum absolute atomic E-state index is 14.2. The smallest absolute Gasteiger partial charge is 0.280 e. The Bertz CT molecular complexity index is 1510. The molecule has 7 nitrogen and oxygen atoms in total. The van der Waals surface area contributed by atoms with Crippen molar-refractivity contribution in [2.45, 2.75) is 82.4 Å². The zero-order valence-electron chi connectivity index (χ0n) is 23.3. The van der Waals surface area contributed by atoms with E-state index in [1.807, 2.05) is 43.9 Å². The Morgan fingerprint density at radius 3 is 2.17 bits per heavy atom. The molecule has 1 aromatic heterocycles. The van der Waals surface area contributed by atoms with Crippen LogP contribution in [-0.4, -0.2) is 46.3 Å². The lowest BCUT2D eigenvalue weighted by Gasteiger charge is -2.31. The van der Waals surface area contributed by atoms with Crippen molar-refractivity contribution in [2.75, 3.05) is 13.1 Å². The van der Waals surface area contributed by atoms with Gasteiger partial charge in [0.2, 0.25) is 5.88 Å². The Kier molecular flexibility index (Phi) is 9.41. The van der Waals surface area contributed by atoms with Crippen LogP contribution >= 0.6 is 0 Å². The van der Waals surface area contributed by atoms with E-state index < -0.39 is 43.1 Å². The summed E-state index contributed by atoms with van der Waals surface area (Å²) in [5.74, 6) is -2.25. The molecule has 0 aliphatic carbocycles. The third-order valence-corrected chi connectivity index (χ3v) is 9.99. The first-order valence-corrected chi connectivity index (χ1v) is 15.5. The van der Waals surface area contributed by atoms with Crippen LogP contribution in [-0.2, 0) is 35.6 Å². The molecule has 0 radical (unpaired) electrons. The van der Waals surface area contributed by atoms with Crippen molar-refractivity contribution in [3.05, 3.63) is 80.9 Å². The number of piperidine rings is 1. The maximum Gasteiger partial charge on any atom is 0.280 e. The molecule has 1 fully saturated rings. The fourth-order valence-corrected chi connectivity index (χ4v) is 7.28. The Hall–Kier alpha value is -3.11. The molecular formula is C30H37F2N3O4S. The number of sulfone groups is 1. The Morgan fingerprint density at radius 2 is 1.57 bits per heavy atom. The van der Waals surface area contributed by atoms with Crippen molar-refractivity contribution >= 4 is 9.84 Å². The van der Waals surface area contributed by atoms with Crippen LogP contribution in [0.3, 0.4) is 0 Å². The number of para-hydroxylation sites is 1. The normalized spacial score (nSPS) is 15.0. The minimum absolute atomic E-state index is 0.149. The summed E-state index contributed by atoms with van der Waals surface area (Å²) in [5, 5.41) is 9.96. The van der Waals surface area contributed by atoms with Gasteiger partial charge in [-0.3, -0.25) is 14.3 Å². The minimum atomic E-state index is -4.25. The molecule has 1 aliphatic rings. The molecule has 1 N–H and O–H groups in total. The molecule has 0 amide bonds. The lowest BCUT2D eigenvalue weighted by Crippen LogP contribution is -2.41. The van der Waals surface area contributed by atoms with Crippen molar-refractivity contribution in [2.24, 2.45) is 0 Å². The van der Waals surface area contributed by atoms with E-state index in [9.17, 15) is 27.1 Å². The molecule has 0 spiro atoms. The minimum Gasteiger partial charge on any atom is -0.492 e. The zero-order chi connectivity index (χ0) is 29.0. The summed E-state index contributed by atoms with van der Waals surface area (Å²) in [4.78, 5) is 19.6. The molecule has 40 heavy (non-hydrogen) atoms. The van der Waals surface area contributed by atoms with E-state index in [2.05, 4.69) is 4.98 Å². The summed E-state index contributed by atoms with van der Waals surface area (Å²) < 4.78 is 56.9. The predicted molar refractivity (Wildman–Crippen MR) is 151 cm³/mol. The number of unbranched alkanes of at least 4 members (excludes halogenated alkanes) is 1. The molecule has 4 rings (SSSR count). The zero-order valence-corrected chi connectivity index (χ0v) is 24.1. The number of benzene rings is 2. The van der Waals surface area contributed by atoms with E-state index in [1.165, 1.54) is 16.7 Å². The van der Waals surface area contributed by atoms with Crippen molar-refractivity contribution < 1.29 is 22.3 Å². The van der Waals surface area contributed by atoms with E-state index in [-0.39, 0.29) is 24.9 Å². The number of aryl methyl sites for hydroxylation is 3. The average molecular weight is 574 g/mol. The Balaban J connectivity index is 1.71. The van der Waals surface area contributed by atoms with Gasteiger partial charge in [0.15, 0.2) is 26.4 Å². The number of hydrogen-bond acceptors (Lipinski definition) is 6. The molecule has 0 atom stereocenters. The van der Waals surface area contributed by atoms with Gasteiger partial charge in [0.05, 0.1) is 10.9 Å². The molecule has 1 aliphatic heterocycles. The van der Waals surface area contributed by atoms with Gasteiger partial charge >= 0.3 is 0 Å². The SMILES string of the molecule is CCCCc1nc(O)c(S(=O)(=O)C2CCN(Cc3cccc(F)c3F)CC2)c(=O)n1-c1c(CC)cccc1CC. The molecule has 216 valence electrons. The highest BCUT2D eigenvalue weighted by Gasteiger charge is 2.37. The first-order chi connectivity index (χ1) is 19.1. The second-order valence-corrected chi connectivity index (χ2v) is 12.5. The number of aromatic nitrogens is 2. The second kappa shape index (κ2) is 12.6. The number of halogens is 2. The highest BCUT2D eigenvalue weighted by molar-refractivity contribution is 7.92. The number of likely N-dealkylation sites (tertiary alicyclic amines) is 1. The number of rotatable bonds is 10. The van der Waals surface area contributed by atoms with Crippen LogP contribution in [0.4, 0.5) is 8.78 Å². The van der Waals surface area contributed by atoms with Gasteiger partial charge in [0.25, 0.3) is 5.56 Å². The molecule has 10 heteroatoms. The molecule has 0 saturated carbocycles. The lowest BCUT2D eigenvalue weighted by molar-refractivity contribution is 0.218. The van der Waals surface area contributed by atoms with Crippen LogP contribution in [0, 0.1) is 11.6 Å². The van der Waals surface area contributed by atoms with Gasteiger partial charge in [-0.15, -0.1) is 0 Å². The van der Waals surface area contributed by atoms with Crippen LogP contribution in [0.25, 0.3) is 5.69 Å². The van der Waals surface area contributed by atoms with Gasteiger partial charge in [0.1, 0.15) is 5.82 Å². The Labute approximate surface area is 234 Å². The van der Waals surface area contributed by atoms with Crippen molar-refractivity contribution in [1.29, 1.82) is 0 Å². The van der Waals surface area contributed by atoms with Crippen LogP contribution < -0.4 is 5.56 Å². The van der Waals surface area contributed by atoms with Gasteiger partial charge < -0.3 is 5.11 Å². The van der Waals surface area contributed by atoms with Gasteiger partial charge in [-0.05, 0) is 62.4 Å². The Morgan fingerprint density at radius 1 is 0.975 bits per heavy atom. The summed E-state index contributed by atoms with van der Waals surface area (Å²) in [7, 11) is -4.25. The van der Waals surface area contributed by atoms with Gasteiger partial charge in [-0.1, -0.05) is 57.5 Å². The van der Waals surface area contributed by atoms with Crippen molar-refractivity contribution in [3.63, 3.8) is 0 Å². The first kappa shape index (κ1) is 29.9. The highest BCUT2D eigenvalue weighted by atomic mass is 32.2. The summed E-state index contributed by atoms with van der Waals surface area (Å²) in [5.41, 5.74) is 1.86. The maximum atomic E-state index is 14.2. The largest absolute Gasteiger partial charge is 0.492 e. The summed E-state index contributed by atoms with van der Waals surface area (Å²) in [6.07, 6.45) is 3.61.